The van der Waals surface area contributed by atoms with Crippen LogP contribution in [-0.2, 0) is 9.84 Å². The number of allylic oxidation sites excluding steroid dienone is 8. The van der Waals surface area contributed by atoms with E-state index >= 15 is 0 Å². The summed E-state index contributed by atoms with van der Waals surface area (Å²) < 4.78 is 23.7. The Morgan fingerprint density at radius 1 is 0.867 bits per heavy atom. The topological polar surface area (TPSA) is 34.1 Å². The van der Waals surface area contributed by atoms with Crippen LogP contribution in [0.3, 0.4) is 0 Å². The third kappa shape index (κ3) is 4.30. The average molecular weight is 226 g/mol. The predicted molar refractivity (Wildman–Crippen MR) is 66.1 cm³/mol. The van der Waals surface area contributed by atoms with Gasteiger partial charge in [-0.1, -0.05) is 24.3 Å². The zero-order chi connectivity index (χ0) is 11.9. The molecule has 0 saturated heterocycles. The average Bonchev–Trinajstić information content (AvgIpc) is 2.21. The first-order valence-electron chi connectivity index (χ1n) is 4.81. The summed E-state index contributed by atoms with van der Waals surface area (Å²) in [5, 5.41) is 0. The largest absolute Gasteiger partial charge is 0.219 e. The highest BCUT2D eigenvalue weighted by Crippen LogP contribution is 2.16. The minimum absolute atomic E-state index is 0.360. The number of sulfone groups is 1. The molecule has 0 saturated carbocycles. The second-order valence-electron chi connectivity index (χ2n) is 3.11. The monoisotopic (exact) mass is 226 g/mol. The molecule has 0 spiro atoms. The summed E-state index contributed by atoms with van der Waals surface area (Å²) in [7, 11) is -3.26. The van der Waals surface area contributed by atoms with Crippen LogP contribution in [0, 0.1) is 0 Å². The lowest BCUT2D eigenvalue weighted by Crippen LogP contribution is -2.02. The van der Waals surface area contributed by atoms with Crippen LogP contribution in [0.1, 0.15) is 27.7 Å². The van der Waals surface area contributed by atoms with Crippen molar-refractivity contribution in [2.45, 2.75) is 27.7 Å². The minimum atomic E-state index is -3.26. The molecule has 84 valence electrons. The maximum atomic E-state index is 11.8. The highest BCUT2D eigenvalue weighted by atomic mass is 32.2. The van der Waals surface area contributed by atoms with Crippen LogP contribution >= 0.6 is 0 Å². The molecule has 3 heteroatoms. The first kappa shape index (κ1) is 13.9. The Hall–Kier alpha value is -1.09. The van der Waals surface area contributed by atoms with Crippen LogP contribution in [0.5, 0.6) is 0 Å². The highest BCUT2D eigenvalue weighted by Gasteiger charge is 2.14. The first-order chi connectivity index (χ1) is 6.96. The quantitative estimate of drug-likeness (QED) is 0.689. The minimum Gasteiger partial charge on any atom is -0.219 e. The lowest BCUT2D eigenvalue weighted by molar-refractivity contribution is 0.607. The molecule has 0 fully saturated rings. The summed E-state index contributed by atoms with van der Waals surface area (Å²) in [6, 6.07) is 0. The molecule has 0 atom stereocenters. The SMILES string of the molecule is CC=CC=C(C)S(=O)(=O)C(C)=CC=CC. The molecule has 15 heavy (non-hydrogen) atoms. The molecular weight excluding hydrogens is 208 g/mol. The molecule has 0 aliphatic rings. The van der Waals surface area contributed by atoms with Gasteiger partial charge in [-0.25, -0.2) is 8.42 Å². The van der Waals surface area contributed by atoms with Crippen molar-refractivity contribution in [3.8, 4) is 0 Å². The summed E-state index contributed by atoms with van der Waals surface area (Å²) in [5.41, 5.74) is 0. The molecule has 0 aliphatic heterocycles. The second-order valence-corrected chi connectivity index (χ2v) is 5.40. The van der Waals surface area contributed by atoms with Crippen molar-refractivity contribution < 1.29 is 8.42 Å². The van der Waals surface area contributed by atoms with Gasteiger partial charge < -0.3 is 0 Å². The Bertz CT molecular complexity index is 373. The van der Waals surface area contributed by atoms with Gasteiger partial charge in [-0.3, -0.25) is 0 Å². The summed E-state index contributed by atoms with van der Waals surface area (Å²) in [5.74, 6) is 0. The van der Waals surface area contributed by atoms with Crippen LogP contribution in [-0.4, -0.2) is 8.42 Å². The Kier molecular flexibility index (Phi) is 5.94. The summed E-state index contributed by atoms with van der Waals surface area (Å²) in [4.78, 5) is 0.720. The fraction of sp³-hybridized carbons (Fsp3) is 0.333. The van der Waals surface area contributed by atoms with Crippen LogP contribution < -0.4 is 0 Å². The molecule has 0 amide bonds. The van der Waals surface area contributed by atoms with E-state index in [4.69, 9.17) is 0 Å². The standard InChI is InChI=1S/C12H18O2S/c1-5-7-9-11(3)15(13,14)12(4)10-8-6-2/h5-10H,1-4H3. The van der Waals surface area contributed by atoms with E-state index in [9.17, 15) is 8.42 Å². The van der Waals surface area contributed by atoms with Crippen molar-refractivity contribution in [3.05, 3.63) is 46.3 Å². The maximum Gasteiger partial charge on any atom is 0.198 e. The molecule has 0 aromatic rings. The van der Waals surface area contributed by atoms with Crippen LogP contribution in [0.15, 0.2) is 46.3 Å². The third-order valence-electron chi connectivity index (χ3n) is 1.89. The molecule has 0 heterocycles. The van der Waals surface area contributed by atoms with Gasteiger partial charge in [0.15, 0.2) is 9.84 Å². The van der Waals surface area contributed by atoms with Crippen molar-refractivity contribution in [2.75, 3.05) is 0 Å². The van der Waals surface area contributed by atoms with Crippen molar-refractivity contribution in [1.29, 1.82) is 0 Å². The van der Waals surface area contributed by atoms with E-state index in [0.29, 0.717) is 9.81 Å². The Morgan fingerprint density at radius 3 is 1.47 bits per heavy atom. The number of hydrogen-bond donors (Lipinski definition) is 0. The van der Waals surface area contributed by atoms with E-state index in [1.54, 1.807) is 50.3 Å². The van der Waals surface area contributed by atoms with Crippen LogP contribution in [0.4, 0.5) is 0 Å². The molecule has 0 rings (SSSR count). The van der Waals surface area contributed by atoms with Gasteiger partial charge in [0.1, 0.15) is 0 Å². The lowest BCUT2D eigenvalue weighted by Gasteiger charge is -2.02. The lowest BCUT2D eigenvalue weighted by atomic mass is 10.4. The molecular formula is C12H18O2S. The highest BCUT2D eigenvalue weighted by molar-refractivity contribution is 7.98. The van der Waals surface area contributed by atoms with Gasteiger partial charge in [-0.05, 0) is 39.8 Å². The molecule has 0 aromatic heterocycles. The first-order valence-corrected chi connectivity index (χ1v) is 6.29. The normalized spacial score (nSPS) is 15.5. The molecule has 0 aliphatic carbocycles. The number of rotatable bonds is 4. The van der Waals surface area contributed by atoms with E-state index in [1.165, 1.54) is 0 Å². The predicted octanol–water partition coefficient (Wildman–Crippen LogP) is 3.36. The fourth-order valence-electron chi connectivity index (χ4n) is 0.897. The maximum absolute atomic E-state index is 11.8. The number of hydrogen-bond acceptors (Lipinski definition) is 2. The Labute approximate surface area is 92.6 Å². The third-order valence-corrected chi connectivity index (χ3v) is 3.86. The van der Waals surface area contributed by atoms with E-state index in [1.807, 2.05) is 13.8 Å². The van der Waals surface area contributed by atoms with E-state index in [-0.39, 0.29) is 0 Å². The van der Waals surface area contributed by atoms with E-state index in [0.717, 1.165) is 0 Å². The molecule has 0 aromatic carbocycles. The fourth-order valence-corrected chi connectivity index (χ4v) is 1.92. The summed E-state index contributed by atoms with van der Waals surface area (Å²) in [6.07, 6.45) is 10.2. The van der Waals surface area contributed by atoms with Gasteiger partial charge in [0.25, 0.3) is 0 Å². The van der Waals surface area contributed by atoms with Crippen molar-refractivity contribution in [3.63, 3.8) is 0 Å². The van der Waals surface area contributed by atoms with Crippen molar-refractivity contribution in [2.24, 2.45) is 0 Å². The zero-order valence-corrected chi connectivity index (χ0v) is 10.5. The van der Waals surface area contributed by atoms with Gasteiger partial charge in [0, 0.05) is 9.81 Å². The molecule has 0 N–H and O–H groups in total. The van der Waals surface area contributed by atoms with Gasteiger partial charge in [-0.15, -0.1) is 0 Å². The van der Waals surface area contributed by atoms with Gasteiger partial charge >= 0.3 is 0 Å². The zero-order valence-electron chi connectivity index (χ0n) is 9.69. The van der Waals surface area contributed by atoms with E-state index in [2.05, 4.69) is 0 Å². The van der Waals surface area contributed by atoms with Crippen LogP contribution in [0.2, 0.25) is 0 Å². The Balaban J connectivity index is 5.16. The van der Waals surface area contributed by atoms with Crippen molar-refractivity contribution in [1.82, 2.24) is 0 Å². The van der Waals surface area contributed by atoms with Gasteiger partial charge in [-0.2, -0.15) is 0 Å². The smallest absolute Gasteiger partial charge is 0.198 e. The molecule has 0 unspecified atom stereocenters. The van der Waals surface area contributed by atoms with Gasteiger partial charge in [0.05, 0.1) is 0 Å². The molecule has 0 radical (unpaired) electrons. The molecule has 0 bridgehead atoms. The summed E-state index contributed by atoms with van der Waals surface area (Å²) in [6.45, 7) is 6.89. The summed E-state index contributed by atoms with van der Waals surface area (Å²) >= 11 is 0. The molecule has 2 nitrogen and oxygen atoms in total. The second kappa shape index (κ2) is 6.40. The van der Waals surface area contributed by atoms with Crippen LogP contribution in [0.25, 0.3) is 0 Å². The van der Waals surface area contributed by atoms with E-state index < -0.39 is 9.84 Å². The van der Waals surface area contributed by atoms with Crippen molar-refractivity contribution >= 4 is 9.84 Å². The van der Waals surface area contributed by atoms with Gasteiger partial charge in [0.2, 0.25) is 0 Å². The Morgan fingerprint density at radius 2 is 1.20 bits per heavy atom.